The zero-order chi connectivity index (χ0) is 23.5. The molecule has 1 N–H and O–H groups in total. The first-order valence-electron chi connectivity index (χ1n) is 9.13. The van der Waals surface area contributed by atoms with Crippen molar-refractivity contribution in [2.75, 3.05) is 17.1 Å². The van der Waals surface area contributed by atoms with E-state index < -0.39 is 39.9 Å². The van der Waals surface area contributed by atoms with Crippen molar-refractivity contribution in [2.24, 2.45) is 0 Å². The van der Waals surface area contributed by atoms with E-state index in [4.69, 9.17) is 11.6 Å². The summed E-state index contributed by atoms with van der Waals surface area (Å²) in [7, 11) is -4.10. The lowest BCUT2D eigenvalue weighted by Gasteiger charge is -2.24. The van der Waals surface area contributed by atoms with E-state index in [1.54, 1.807) is 35.4 Å². The number of alkyl halides is 3. The molecule has 32 heavy (non-hydrogen) atoms. The number of anilines is 1. The second-order valence-corrected chi connectivity index (χ2v) is 9.16. The van der Waals surface area contributed by atoms with E-state index in [2.05, 4.69) is 10.3 Å². The standard InChI is InChI=1S/C20H18ClF3N4O3S/c1-32(30,31)28(18-10-15(20(22,23)24)4-7-17(18)21)12-19(29)26-11-14-2-5-16(6-3-14)27-9-8-25-13-27/h2-10,13H,11-12H2,1H3,(H,26,29). The Kier molecular flexibility index (Phi) is 6.79. The molecule has 0 saturated carbocycles. The lowest BCUT2D eigenvalue weighted by atomic mass is 10.2. The third-order valence-corrected chi connectivity index (χ3v) is 5.90. The molecule has 0 saturated heterocycles. The molecule has 7 nitrogen and oxygen atoms in total. The van der Waals surface area contributed by atoms with Crippen LogP contribution in [0.5, 0.6) is 0 Å². The van der Waals surface area contributed by atoms with Crippen LogP contribution in [0.15, 0.2) is 61.2 Å². The van der Waals surface area contributed by atoms with Crippen molar-refractivity contribution >= 4 is 33.2 Å². The summed E-state index contributed by atoms with van der Waals surface area (Å²) in [6.45, 7) is -0.635. The summed E-state index contributed by atoms with van der Waals surface area (Å²) < 4.78 is 65.9. The Morgan fingerprint density at radius 2 is 1.88 bits per heavy atom. The lowest BCUT2D eigenvalue weighted by Crippen LogP contribution is -2.40. The lowest BCUT2D eigenvalue weighted by molar-refractivity contribution is -0.137. The van der Waals surface area contributed by atoms with E-state index in [1.807, 2.05) is 12.1 Å². The van der Waals surface area contributed by atoms with Gasteiger partial charge in [0.1, 0.15) is 6.54 Å². The zero-order valence-electron chi connectivity index (χ0n) is 16.7. The molecule has 0 radical (unpaired) electrons. The van der Waals surface area contributed by atoms with Gasteiger partial charge in [0.15, 0.2) is 0 Å². The van der Waals surface area contributed by atoms with Gasteiger partial charge in [0.25, 0.3) is 0 Å². The molecule has 0 aliphatic heterocycles. The summed E-state index contributed by atoms with van der Waals surface area (Å²) in [5.74, 6) is -0.706. The topological polar surface area (TPSA) is 84.3 Å². The molecular weight excluding hydrogens is 469 g/mol. The van der Waals surface area contributed by atoms with E-state index in [-0.39, 0.29) is 11.6 Å². The molecule has 1 amide bonds. The van der Waals surface area contributed by atoms with Gasteiger partial charge < -0.3 is 9.88 Å². The van der Waals surface area contributed by atoms with Gasteiger partial charge in [0.2, 0.25) is 15.9 Å². The van der Waals surface area contributed by atoms with Gasteiger partial charge in [-0.25, -0.2) is 13.4 Å². The highest BCUT2D eigenvalue weighted by Crippen LogP contribution is 2.36. The molecule has 0 spiro atoms. The largest absolute Gasteiger partial charge is 0.416 e. The maximum absolute atomic E-state index is 13.1. The van der Waals surface area contributed by atoms with E-state index in [9.17, 15) is 26.4 Å². The van der Waals surface area contributed by atoms with Crippen LogP contribution in [0.4, 0.5) is 18.9 Å². The smallest absolute Gasteiger partial charge is 0.350 e. The molecule has 3 aromatic rings. The van der Waals surface area contributed by atoms with Crippen LogP contribution in [0.1, 0.15) is 11.1 Å². The second kappa shape index (κ2) is 9.21. The third kappa shape index (κ3) is 5.80. The first-order valence-corrected chi connectivity index (χ1v) is 11.4. The number of nitrogens with zero attached hydrogens (tertiary/aromatic N) is 3. The fourth-order valence-electron chi connectivity index (χ4n) is 2.85. The van der Waals surface area contributed by atoms with Gasteiger partial charge in [-0.3, -0.25) is 9.10 Å². The predicted molar refractivity (Wildman–Crippen MR) is 114 cm³/mol. The highest BCUT2D eigenvalue weighted by Gasteiger charge is 2.33. The van der Waals surface area contributed by atoms with E-state index in [0.717, 1.165) is 29.6 Å². The highest BCUT2D eigenvalue weighted by atomic mass is 35.5. The maximum Gasteiger partial charge on any atom is 0.416 e. The van der Waals surface area contributed by atoms with Crippen molar-refractivity contribution in [3.63, 3.8) is 0 Å². The van der Waals surface area contributed by atoms with Crippen molar-refractivity contribution in [1.29, 1.82) is 0 Å². The minimum absolute atomic E-state index is 0.0942. The highest BCUT2D eigenvalue weighted by molar-refractivity contribution is 7.92. The summed E-state index contributed by atoms with van der Waals surface area (Å²) in [6, 6.07) is 9.45. The van der Waals surface area contributed by atoms with E-state index in [0.29, 0.717) is 10.4 Å². The van der Waals surface area contributed by atoms with Gasteiger partial charge in [0.05, 0.1) is 28.9 Å². The summed E-state index contributed by atoms with van der Waals surface area (Å²) in [5, 5.41) is 2.33. The number of hydrogen-bond donors (Lipinski definition) is 1. The number of carbonyl (C=O) groups excluding carboxylic acids is 1. The Morgan fingerprint density at radius 1 is 1.19 bits per heavy atom. The van der Waals surface area contributed by atoms with Crippen LogP contribution in [-0.4, -0.2) is 36.7 Å². The Balaban J connectivity index is 1.72. The van der Waals surface area contributed by atoms with Crippen LogP contribution >= 0.6 is 11.6 Å². The number of amides is 1. The van der Waals surface area contributed by atoms with Crippen molar-refractivity contribution in [1.82, 2.24) is 14.9 Å². The van der Waals surface area contributed by atoms with Gasteiger partial charge in [-0.1, -0.05) is 23.7 Å². The number of nitrogens with one attached hydrogen (secondary N) is 1. The summed E-state index contributed by atoms with van der Waals surface area (Å²) in [4.78, 5) is 16.4. The number of carbonyl (C=O) groups is 1. The minimum atomic E-state index is -4.70. The van der Waals surface area contributed by atoms with E-state index >= 15 is 0 Å². The molecule has 2 aromatic carbocycles. The Morgan fingerprint density at radius 3 is 2.44 bits per heavy atom. The van der Waals surface area contributed by atoms with Gasteiger partial charge in [0, 0.05) is 24.6 Å². The van der Waals surface area contributed by atoms with Gasteiger partial charge in [-0.15, -0.1) is 0 Å². The van der Waals surface area contributed by atoms with Crippen molar-refractivity contribution in [3.05, 3.63) is 77.3 Å². The monoisotopic (exact) mass is 486 g/mol. The fourth-order valence-corrected chi connectivity index (χ4v) is 3.98. The number of halogens is 4. The summed E-state index contributed by atoms with van der Waals surface area (Å²) >= 11 is 5.95. The van der Waals surface area contributed by atoms with Crippen LogP contribution < -0.4 is 9.62 Å². The molecule has 3 rings (SSSR count). The molecule has 1 heterocycles. The minimum Gasteiger partial charge on any atom is -0.350 e. The Hall–Kier alpha value is -3.05. The van der Waals surface area contributed by atoms with Crippen LogP contribution in [0.3, 0.4) is 0 Å². The first-order chi connectivity index (χ1) is 14.9. The molecule has 170 valence electrons. The molecule has 0 unspecified atom stereocenters. The number of sulfonamides is 1. The average molecular weight is 487 g/mol. The average Bonchev–Trinajstić information content (AvgIpc) is 3.25. The summed E-state index contributed by atoms with van der Waals surface area (Å²) in [6.07, 6.45) is 1.13. The zero-order valence-corrected chi connectivity index (χ0v) is 18.2. The summed E-state index contributed by atoms with van der Waals surface area (Å²) in [5.41, 5.74) is 0.0954. The molecule has 1 aromatic heterocycles. The molecule has 0 atom stereocenters. The molecule has 0 aliphatic carbocycles. The number of rotatable bonds is 7. The first kappa shape index (κ1) is 23.6. The normalized spacial score (nSPS) is 11.9. The van der Waals surface area contributed by atoms with Crippen molar-refractivity contribution in [2.45, 2.75) is 12.7 Å². The maximum atomic E-state index is 13.1. The SMILES string of the molecule is CS(=O)(=O)N(CC(=O)NCc1ccc(-n2ccnc2)cc1)c1cc(C(F)(F)F)ccc1Cl. The number of aromatic nitrogens is 2. The molecular formula is C20H18ClF3N4O3S. The number of imidazole rings is 1. The van der Waals surface area contributed by atoms with Crippen LogP contribution in [0.25, 0.3) is 5.69 Å². The predicted octanol–water partition coefficient (Wildman–Crippen LogP) is 3.63. The van der Waals surface area contributed by atoms with Crippen LogP contribution in [0, 0.1) is 0 Å². The molecule has 0 fully saturated rings. The molecule has 0 aliphatic rings. The molecule has 0 bridgehead atoms. The van der Waals surface area contributed by atoms with Crippen LogP contribution in [0.2, 0.25) is 5.02 Å². The van der Waals surface area contributed by atoms with Crippen molar-refractivity contribution in [3.8, 4) is 5.69 Å². The van der Waals surface area contributed by atoms with Gasteiger partial charge in [-0.05, 0) is 35.9 Å². The Bertz CT molecular complexity index is 1200. The van der Waals surface area contributed by atoms with Crippen LogP contribution in [-0.2, 0) is 27.5 Å². The van der Waals surface area contributed by atoms with E-state index in [1.165, 1.54) is 0 Å². The quantitative estimate of drug-likeness (QED) is 0.553. The van der Waals surface area contributed by atoms with Crippen molar-refractivity contribution < 1.29 is 26.4 Å². The second-order valence-electron chi connectivity index (χ2n) is 6.85. The Labute approximate surface area is 187 Å². The third-order valence-electron chi connectivity index (χ3n) is 4.46. The van der Waals surface area contributed by atoms with Gasteiger partial charge >= 0.3 is 6.18 Å². The molecule has 12 heteroatoms. The van der Waals surface area contributed by atoms with Gasteiger partial charge in [-0.2, -0.15) is 13.2 Å². The number of benzene rings is 2. The fraction of sp³-hybridized carbons (Fsp3) is 0.200. The number of hydrogen-bond acceptors (Lipinski definition) is 4.